The second kappa shape index (κ2) is 9.56. The van der Waals surface area contributed by atoms with Crippen LogP contribution in [0, 0.1) is 0 Å². The molecule has 0 saturated carbocycles. The highest BCUT2D eigenvalue weighted by atomic mass is 16.5. The summed E-state index contributed by atoms with van der Waals surface area (Å²) in [4.78, 5) is 30.4. The number of esters is 1. The van der Waals surface area contributed by atoms with Gasteiger partial charge in [0.2, 0.25) is 0 Å². The second-order valence-electron chi connectivity index (χ2n) is 5.90. The van der Waals surface area contributed by atoms with E-state index in [1.54, 1.807) is 55.4 Å². The molecule has 0 radical (unpaired) electrons. The topological polar surface area (TPSA) is 71.5 Å². The van der Waals surface area contributed by atoms with Gasteiger partial charge in [-0.2, -0.15) is 0 Å². The van der Waals surface area contributed by atoms with E-state index in [-0.39, 0.29) is 11.9 Å². The maximum Gasteiger partial charge on any atom is 0.340 e. The molecule has 138 valence electrons. The highest BCUT2D eigenvalue weighted by molar-refractivity contribution is 5.96. The quantitative estimate of drug-likeness (QED) is 0.728. The molecule has 0 unspecified atom stereocenters. The Bertz CT molecular complexity index is 744. The lowest BCUT2D eigenvalue weighted by Crippen LogP contribution is -2.27. The molecule has 6 nitrogen and oxygen atoms in total. The maximum atomic E-state index is 12.3. The largest absolute Gasteiger partial charge is 0.462 e. The van der Waals surface area contributed by atoms with Gasteiger partial charge in [-0.1, -0.05) is 25.5 Å². The molecule has 1 amide bonds. The first-order valence-electron chi connectivity index (χ1n) is 8.81. The lowest BCUT2D eigenvalue weighted by atomic mass is 10.1. The minimum absolute atomic E-state index is 0.0515. The van der Waals surface area contributed by atoms with Crippen molar-refractivity contribution in [1.29, 1.82) is 0 Å². The predicted molar refractivity (Wildman–Crippen MR) is 102 cm³/mol. The fraction of sp³-hybridized carbons (Fsp3) is 0.350. The van der Waals surface area contributed by atoms with E-state index < -0.39 is 0 Å². The van der Waals surface area contributed by atoms with Crippen molar-refractivity contribution in [3.05, 3.63) is 53.7 Å². The number of aromatic nitrogens is 1. The molecule has 2 aromatic rings. The van der Waals surface area contributed by atoms with Crippen LogP contribution in [0.25, 0.3) is 0 Å². The number of pyridine rings is 1. The number of anilines is 2. The number of para-hydroxylation sites is 1. The predicted octanol–water partition coefficient (Wildman–Crippen LogP) is 3.87. The summed E-state index contributed by atoms with van der Waals surface area (Å²) < 4.78 is 5.07. The van der Waals surface area contributed by atoms with Crippen LogP contribution in [-0.2, 0) is 4.74 Å². The van der Waals surface area contributed by atoms with Gasteiger partial charge in [0, 0.05) is 19.8 Å². The van der Waals surface area contributed by atoms with Crippen LogP contribution in [-0.4, -0.2) is 42.0 Å². The van der Waals surface area contributed by atoms with Crippen LogP contribution in [0.4, 0.5) is 11.5 Å². The third kappa shape index (κ3) is 5.05. The molecule has 2 rings (SSSR count). The molecule has 6 heteroatoms. The lowest BCUT2D eigenvalue weighted by molar-refractivity contribution is 0.0527. The van der Waals surface area contributed by atoms with Crippen molar-refractivity contribution in [2.24, 2.45) is 0 Å². The van der Waals surface area contributed by atoms with Crippen LogP contribution in [0.1, 0.15) is 47.4 Å². The van der Waals surface area contributed by atoms with Crippen LogP contribution in [0.15, 0.2) is 42.6 Å². The van der Waals surface area contributed by atoms with Gasteiger partial charge in [0.1, 0.15) is 5.82 Å². The molecule has 0 atom stereocenters. The summed E-state index contributed by atoms with van der Waals surface area (Å²) in [6.07, 6.45) is 3.55. The van der Waals surface area contributed by atoms with Crippen molar-refractivity contribution >= 4 is 23.4 Å². The van der Waals surface area contributed by atoms with Crippen molar-refractivity contribution in [2.75, 3.05) is 25.5 Å². The summed E-state index contributed by atoms with van der Waals surface area (Å²) in [6, 6.07) is 10.5. The zero-order valence-corrected chi connectivity index (χ0v) is 15.5. The summed E-state index contributed by atoms with van der Waals surface area (Å²) in [7, 11) is 1.79. The third-order valence-electron chi connectivity index (χ3n) is 3.89. The molecule has 1 N–H and O–H groups in total. The van der Waals surface area contributed by atoms with E-state index >= 15 is 0 Å². The smallest absolute Gasteiger partial charge is 0.340 e. The minimum atomic E-state index is -0.389. The monoisotopic (exact) mass is 355 g/mol. The Kier molecular flexibility index (Phi) is 7.14. The van der Waals surface area contributed by atoms with E-state index in [0.29, 0.717) is 29.2 Å². The Labute approximate surface area is 154 Å². The number of carbonyl (C=O) groups is 2. The van der Waals surface area contributed by atoms with Gasteiger partial charge in [0.15, 0.2) is 0 Å². The number of hydrogen-bond donors (Lipinski definition) is 1. The zero-order chi connectivity index (χ0) is 18.9. The molecule has 0 saturated heterocycles. The highest BCUT2D eigenvalue weighted by Crippen LogP contribution is 2.20. The highest BCUT2D eigenvalue weighted by Gasteiger charge is 2.14. The Morgan fingerprint density at radius 1 is 1.15 bits per heavy atom. The molecule has 0 fully saturated rings. The number of rotatable bonds is 8. The molecule has 0 bridgehead atoms. The minimum Gasteiger partial charge on any atom is -0.462 e. The second-order valence-corrected chi connectivity index (χ2v) is 5.90. The molecule has 0 spiro atoms. The van der Waals surface area contributed by atoms with E-state index in [1.165, 1.54) is 0 Å². The Hall–Kier alpha value is -2.89. The fourth-order valence-electron chi connectivity index (χ4n) is 2.43. The SMILES string of the molecule is CCCCN(C)C(=O)c1ccc(Nc2ccccc2C(=O)OCC)nc1. The number of nitrogens with zero attached hydrogens (tertiary/aromatic N) is 2. The van der Waals surface area contributed by atoms with E-state index in [9.17, 15) is 9.59 Å². The third-order valence-corrected chi connectivity index (χ3v) is 3.89. The fourth-order valence-corrected chi connectivity index (χ4v) is 2.43. The summed E-state index contributed by atoms with van der Waals surface area (Å²) in [5.41, 5.74) is 1.58. The van der Waals surface area contributed by atoms with Crippen LogP contribution in [0.2, 0.25) is 0 Å². The first kappa shape index (κ1) is 19.4. The summed E-state index contributed by atoms with van der Waals surface area (Å²) in [5, 5.41) is 3.10. The van der Waals surface area contributed by atoms with Crippen molar-refractivity contribution in [3.8, 4) is 0 Å². The molecule has 1 aromatic heterocycles. The van der Waals surface area contributed by atoms with Crippen molar-refractivity contribution in [3.63, 3.8) is 0 Å². The first-order valence-corrected chi connectivity index (χ1v) is 8.81. The summed E-state index contributed by atoms with van der Waals surface area (Å²) >= 11 is 0. The normalized spacial score (nSPS) is 10.3. The number of carbonyl (C=O) groups excluding carboxylic acids is 2. The molecular weight excluding hydrogens is 330 g/mol. The van der Waals surface area contributed by atoms with Crippen molar-refractivity contribution < 1.29 is 14.3 Å². The van der Waals surface area contributed by atoms with Crippen LogP contribution in [0.3, 0.4) is 0 Å². The average molecular weight is 355 g/mol. The Balaban J connectivity index is 2.10. The van der Waals surface area contributed by atoms with Gasteiger partial charge in [-0.05, 0) is 37.6 Å². The molecule has 1 aromatic carbocycles. The van der Waals surface area contributed by atoms with Gasteiger partial charge in [0.25, 0.3) is 5.91 Å². The van der Waals surface area contributed by atoms with E-state index in [0.717, 1.165) is 19.4 Å². The number of nitrogens with one attached hydrogen (secondary N) is 1. The van der Waals surface area contributed by atoms with Gasteiger partial charge in [-0.15, -0.1) is 0 Å². The molecule has 0 aliphatic carbocycles. The van der Waals surface area contributed by atoms with Gasteiger partial charge < -0.3 is 15.0 Å². The van der Waals surface area contributed by atoms with Crippen LogP contribution < -0.4 is 5.32 Å². The first-order chi connectivity index (χ1) is 12.6. The molecule has 0 aliphatic rings. The Morgan fingerprint density at radius 3 is 2.58 bits per heavy atom. The molecule has 26 heavy (non-hydrogen) atoms. The molecule has 1 heterocycles. The van der Waals surface area contributed by atoms with Gasteiger partial charge in [-0.3, -0.25) is 4.79 Å². The van der Waals surface area contributed by atoms with Gasteiger partial charge in [-0.25, -0.2) is 9.78 Å². The standard InChI is InChI=1S/C20H25N3O3/c1-4-6-13-23(3)19(24)15-11-12-18(21-14-15)22-17-10-8-7-9-16(17)20(25)26-5-2/h7-12,14H,4-6,13H2,1-3H3,(H,21,22). The zero-order valence-electron chi connectivity index (χ0n) is 15.5. The number of ether oxygens (including phenoxy) is 1. The van der Waals surface area contributed by atoms with E-state index in [2.05, 4.69) is 17.2 Å². The van der Waals surface area contributed by atoms with Crippen LogP contribution in [0.5, 0.6) is 0 Å². The Morgan fingerprint density at radius 2 is 1.92 bits per heavy atom. The number of unbranched alkanes of at least 4 members (excludes halogenated alkanes) is 1. The van der Waals surface area contributed by atoms with E-state index in [1.807, 2.05) is 6.07 Å². The van der Waals surface area contributed by atoms with Gasteiger partial charge >= 0.3 is 5.97 Å². The number of amides is 1. The molecule has 0 aliphatic heterocycles. The maximum absolute atomic E-state index is 12.3. The molecular formula is C20H25N3O3. The number of hydrogen-bond acceptors (Lipinski definition) is 5. The van der Waals surface area contributed by atoms with Gasteiger partial charge in [0.05, 0.1) is 23.4 Å². The number of benzene rings is 1. The summed E-state index contributed by atoms with van der Waals surface area (Å²) in [5.74, 6) is 0.110. The average Bonchev–Trinajstić information content (AvgIpc) is 2.66. The van der Waals surface area contributed by atoms with Crippen molar-refractivity contribution in [1.82, 2.24) is 9.88 Å². The summed E-state index contributed by atoms with van der Waals surface area (Å²) in [6.45, 7) is 4.90. The van der Waals surface area contributed by atoms with Crippen LogP contribution >= 0.6 is 0 Å². The van der Waals surface area contributed by atoms with Crippen molar-refractivity contribution in [2.45, 2.75) is 26.7 Å². The lowest BCUT2D eigenvalue weighted by Gasteiger charge is -2.16. The van der Waals surface area contributed by atoms with E-state index in [4.69, 9.17) is 4.74 Å².